The summed E-state index contributed by atoms with van der Waals surface area (Å²) in [5.41, 5.74) is 1.33. The fourth-order valence-electron chi connectivity index (χ4n) is 3.40. The van der Waals surface area contributed by atoms with Crippen molar-refractivity contribution in [2.75, 3.05) is 37.5 Å². The minimum Gasteiger partial charge on any atom is -0.495 e. The number of anilines is 3. The summed E-state index contributed by atoms with van der Waals surface area (Å²) in [6.07, 6.45) is 2.38. The molecule has 10 nitrogen and oxygen atoms in total. The second-order valence-corrected chi connectivity index (χ2v) is 6.76. The molecule has 0 saturated carbocycles. The maximum atomic E-state index is 11.9. The van der Waals surface area contributed by atoms with E-state index in [0.29, 0.717) is 37.4 Å². The lowest BCUT2D eigenvalue weighted by atomic mass is 9.97. The number of methoxy groups -OCH3 is 2. The third-order valence-corrected chi connectivity index (χ3v) is 4.92. The fourth-order valence-corrected chi connectivity index (χ4v) is 3.40. The van der Waals surface area contributed by atoms with Crippen molar-refractivity contribution in [3.05, 3.63) is 40.2 Å². The van der Waals surface area contributed by atoms with Crippen molar-refractivity contribution in [2.45, 2.75) is 19.8 Å². The van der Waals surface area contributed by atoms with Gasteiger partial charge in [0.15, 0.2) is 0 Å². The summed E-state index contributed by atoms with van der Waals surface area (Å²) in [4.78, 5) is 33.2. The van der Waals surface area contributed by atoms with E-state index in [1.165, 1.54) is 20.5 Å². The van der Waals surface area contributed by atoms with Crippen LogP contribution in [0.1, 0.15) is 18.4 Å². The normalized spacial score (nSPS) is 14.4. The number of carbonyl (C=O) groups is 1. The van der Waals surface area contributed by atoms with Gasteiger partial charge in [-0.3, -0.25) is 14.9 Å². The van der Waals surface area contributed by atoms with Gasteiger partial charge in [-0.1, -0.05) is 6.07 Å². The molecule has 1 aromatic carbocycles. The molecule has 0 atom stereocenters. The number of esters is 1. The highest BCUT2D eigenvalue weighted by atomic mass is 16.6. The SMILES string of the molecule is COC(=O)C1CCN(c2ncnc(Nc3cc(C)ccc3OC)c2[N+](=O)[O-])CC1. The van der Waals surface area contributed by atoms with Gasteiger partial charge in [-0.05, 0) is 37.5 Å². The van der Waals surface area contributed by atoms with Gasteiger partial charge < -0.3 is 19.7 Å². The molecule has 1 fully saturated rings. The molecule has 0 bridgehead atoms. The van der Waals surface area contributed by atoms with Gasteiger partial charge in [0, 0.05) is 13.1 Å². The Morgan fingerprint density at radius 3 is 2.62 bits per heavy atom. The number of carbonyl (C=O) groups excluding carboxylic acids is 1. The van der Waals surface area contributed by atoms with E-state index in [2.05, 4.69) is 15.3 Å². The zero-order valence-electron chi connectivity index (χ0n) is 16.5. The first kappa shape index (κ1) is 20.3. The van der Waals surface area contributed by atoms with Gasteiger partial charge in [0.25, 0.3) is 0 Å². The Balaban J connectivity index is 1.91. The number of hydrogen-bond donors (Lipinski definition) is 1. The molecule has 1 N–H and O–H groups in total. The van der Waals surface area contributed by atoms with Crippen LogP contribution in [0.5, 0.6) is 5.75 Å². The van der Waals surface area contributed by atoms with Gasteiger partial charge >= 0.3 is 11.7 Å². The molecular weight excluding hydrogens is 378 g/mol. The molecule has 0 unspecified atom stereocenters. The van der Waals surface area contributed by atoms with Crippen LogP contribution in [0.15, 0.2) is 24.5 Å². The highest BCUT2D eigenvalue weighted by Crippen LogP contribution is 2.37. The number of hydrogen-bond acceptors (Lipinski definition) is 9. The van der Waals surface area contributed by atoms with Gasteiger partial charge in [0.1, 0.15) is 12.1 Å². The Morgan fingerprint density at radius 2 is 2.00 bits per heavy atom. The van der Waals surface area contributed by atoms with Gasteiger partial charge in [0.2, 0.25) is 11.6 Å². The number of nitrogens with one attached hydrogen (secondary N) is 1. The molecule has 1 saturated heterocycles. The molecule has 2 heterocycles. The van der Waals surface area contributed by atoms with Crippen LogP contribution in [0.3, 0.4) is 0 Å². The van der Waals surface area contributed by atoms with Crippen LogP contribution in [0.25, 0.3) is 0 Å². The first-order valence-electron chi connectivity index (χ1n) is 9.18. The molecule has 0 radical (unpaired) electrons. The molecular formula is C19H23N5O5. The van der Waals surface area contributed by atoms with Gasteiger partial charge in [-0.15, -0.1) is 0 Å². The van der Waals surface area contributed by atoms with Crippen LogP contribution in [0, 0.1) is 23.0 Å². The zero-order valence-corrected chi connectivity index (χ0v) is 16.5. The second-order valence-electron chi connectivity index (χ2n) is 6.76. The Labute approximate surface area is 168 Å². The van der Waals surface area contributed by atoms with Crippen LogP contribution < -0.4 is 15.0 Å². The second kappa shape index (κ2) is 8.72. The van der Waals surface area contributed by atoms with Crippen molar-refractivity contribution in [2.24, 2.45) is 5.92 Å². The number of aryl methyl sites for hydroxylation is 1. The molecule has 3 rings (SSSR count). The zero-order chi connectivity index (χ0) is 21.0. The lowest BCUT2D eigenvalue weighted by molar-refractivity contribution is -0.383. The lowest BCUT2D eigenvalue weighted by Gasteiger charge is -2.31. The molecule has 0 aliphatic carbocycles. The van der Waals surface area contributed by atoms with Crippen LogP contribution in [-0.2, 0) is 9.53 Å². The number of ether oxygens (including phenoxy) is 2. The smallest absolute Gasteiger partial charge is 0.353 e. The summed E-state index contributed by atoms with van der Waals surface area (Å²) in [7, 11) is 2.89. The van der Waals surface area contributed by atoms with E-state index in [4.69, 9.17) is 9.47 Å². The standard InChI is InChI=1S/C19H23N5O5/c1-12-4-5-15(28-2)14(10-12)22-17-16(24(26)27)18(21-11-20-17)23-8-6-13(7-9-23)19(25)29-3/h4-5,10-11,13H,6-9H2,1-3H3,(H,20,21,22). The van der Waals surface area contributed by atoms with E-state index < -0.39 is 4.92 Å². The van der Waals surface area contributed by atoms with E-state index in [1.807, 2.05) is 19.1 Å². The largest absolute Gasteiger partial charge is 0.495 e. The first-order chi connectivity index (χ1) is 13.9. The topological polar surface area (TPSA) is 120 Å². The Morgan fingerprint density at radius 1 is 1.28 bits per heavy atom. The fraction of sp³-hybridized carbons (Fsp3) is 0.421. The van der Waals surface area contributed by atoms with E-state index in [1.54, 1.807) is 11.0 Å². The molecule has 0 amide bonds. The van der Waals surface area contributed by atoms with Crippen LogP contribution in [0.2, 0.25) is 0 Å². The van der Waals surface area contributed by atoms with Crippen LogP contribution in [0.4, 0.5) is 23.0 Å². The van der Waals surface area contributed by atoms with Crippen molar-refractivity contribution >= 4 is 29.0 Å². The van der Waals surface area contributed by atoms with E-state index in [9.17, 15) is 14.9 Å². The molecule has 29 heavy (non-hydrogen) atoms. The number of benzene rings is 1. The highest BCUT2D eigenvalue weighted by Gasteiger charge is 2.32. The summed E-state index contributed by atoms with van der Waals surface area (Å²) < 4.78 is 10.1. The quantitative estimate of drug-likeness (QED) is 0.442. The number of aromatic nitrogens is 2. The molecule has 0 spiro atoms. The van der Waals surface area contributed by atoms with Gasteiger partial charge in [-0.2, -0.15) is 0 Å². The van der Waals surface area contributed by atoms with Crippen molar-refractivity contribution in [3.63, 3.8) is 0 Å². The van der Waals surface area contributed by atoms with Crippen molar-refractivity contribution < 1.29 is 19.2 Å². The average molecular weight is 401 g/mol. The number of rotatable bonds is 6. The molecule has 2 aromatic rings. The maximum absolute atomic E-state index is 11.9. The summed E-state index contributed by atoms with van der Waals surface area (Å²) in [5.74, 6) is 0.396. The highest BCUT2D eigenvalue weighted by molar-refractivity contribution is 5.77. The van der Waals surface area contributed by atoms with E-state index in [0.717, 1.165) is 5.56 Å². The first-order valence-corrected chi connectivity index (χ1v) is 9.18. The molecule has 10 heteroatoms. The summed E-state index contributed by atoms with van der Waals surface area (Å²) in [5, 5.41) is 14.9. The van der Waals surface area contributed by atoms with Crippen LogP contribution >= 0.6 is 0 Å². The predicted molar refractivity (Wildman–Crippen MR) is 107 cm³/mol. The minimum atomic E-state index is -0.494. The Kier molecular flexibility index (Phi) is 6.10. The van der Waals surface area contributed by atoms with Gasteiger partial charge in [0.05, 0.1) is 30.7 Å². The Hall–Kier alpha value is -3.43. The summed E-state index contributed by atoms with van der Waals surface area (Å²) in [6, 6.07) is 5.49. The summed E-state index contributed by atoms with van der Waals surface area (Å²) in [6.45, 7) is 2.84. The maximum Gasteiger partial charge on any atom is 0.353 e. The summed E-state index contributed by atoms with van der Waals surface area (Å²) >= 11 is 0. The molecule has 1 aromatic heterocycles. The van der Waals surface area contributed by atoms with E-state index >= 15 is 0 Å². The number of nitro groups is 1. The van der Waals surface area contributed by atoms with Crippen molar-refractivity contribution in [3.8, 4) is 5.75 Å². The number of nitrogens with zero attached hydrogens (tertiary/aromatic N) is 4. The monoisotopic (exact) mass is 401 g/mol. The molecule has 154 valence electrons. The van der Waals surface area contributed by atoms with Crippen molar-refractivity contribution in [1.82, 2.24) is 9.97 Å². The lowest BCUT2D eigenvalue weighted by Crippen LogP contribution is -2.37. The van der Waals surface area contributed by atoms with Crippen LogP contribution in [-0.4, -0.2) is 48.2 Å². The minimum absolute atomic E-state index is 0.0824. The Bertz CT molecular complexity index is 912. The third-order valence-electron chi connectivity index (χ3n) is 4.92. The van der Waals surface area contributed by atoms with Crippen molar-refractivity contribution in [1.29, 1.82) is 0 Å². The predicted octanol–water partition coefficient (Wildman–Crippen LogP) is 2.83. The average Bonchev–Trinajstić information content (AvgIpc) is 2.73. The van der Waals surface area contributed by atoms with E-state index in [-0.39, 0.29) is 29.2 Å². The molecule has 1 aliphatic heterocycles. The number of piperidine rings is 1. The molecule has 1 aliphatic rings. The van der Waals surface area contributed by atoms with Gasteiger partial charge in [-0.25, -0.2) is 9.97 Å². The third kappa shape index (κ3) is 4.36.